The quantitative estimate of drug-likeness (QED) is 0.299. The van der Waals surface area contributed by atoms with Gasteiger partial charge in [0.1, 0.15) is 12.2 Å². The average Bonchev–Trinajstić information content (AvgIpc) is 3.29. The first-order valence-corrected chi connectivity index (χ1v) is 14.4. The predicted molar refractivity (Wildman–Crippen MR) is 139 cm³/mol. The lowest BCUT2D eigenvalue weighted by atomic mass is 9.47. The van der Waals surface area contributed by atoms with Gasteiger partial charge in [-0.25, -0.2) is 0 Å². The van der Waals surface area contributed by atoms with Crippen molar-refractivity contribution in [3.05, 3.63) is 23.0 Å². The van der Waals surface area contributed by atoms with Crippen LogP contribution in [0, 0.1) is 40.4 Å². The molecule has 36 heavy (non-hydrogen) atoms. The molecule has 3 saturated carbocycles. The summed E-state index contributed by atoms with van der Waals surface area (Å²) in [5, 5.41) is 0. The molecule has 5 nitrogen and oxygen atoms in total. The monoisotopic (exact) mass is 498 g/mol. The van der Waals surface area contributed by atoms with E-state index in [1.54, 1.807) is 5.57 Å². The Balaban J connectivity index is 1.29. The summed E-state index contributed by atoms with van der Waals surface area (Å²) in [6.07, 6.45) is 12.9. The lowest BCUT2D eigenvalue weighted by molar-refractivity contribution is -0.148. The summed E-state index contributed by atoms with van der Waals surface area (Å²) in [6.45, 7) is 13.1. The van der Waals surface area contributed by atoms with E-state index in [2.05, 4.69) is 33.8 Å². The highest BCUT2D eigenvalue weighted by atomic mass is 16.5. The molecule has 0 N–H and O–H groups in total. The Kier molecular flexibility index (Phi) is 6.83. The zero-order valence-electron chi connectivity index (χ0n) is 23.2. The van der Waals surface area contributed by atoms with Gasteiger partial charge in [0, 0.05) is 32.6 Å². The average molecular weight is 499 g/mol. The van der Waals surface area contributed by atoms with E-state index < -0.39 is 0 Å². The molecule has 0 unspecified atom stereocenters. The van der Waals surface area contributed by atoms with Gasteiger partial charge in [0.05, 0.1) is 12.4 Å². The van der Waals surface area contributed by atoms with Gasteiger partial charge in [-0.15, -0.1) is 0 Å². The van der Waals surface area contributed by atoms with Crippen LogP contribution in [0.1, 0.15) is 99.3 Å². The van der Waals surface area contributed by atoms with Gasteiger partial charge in [-0.1, -0.05) is 32.4 Å². The highest BCUT2D eigenvalue weighted by Gasteiger charge is 2.63. The number of esters is 2. The van der Waals surface area contributed by atoms with Crippen LogP contribution in [0.3, 0.4) is 0 Å². The van der Waals surface area contributed by atoms with Crippen molar-refractivity contribution in [3.8, 4) is 0 Å². The Morgan fingerprint density at radius 3 is 2.64 bits per heavy atom. The van der Waals surface area contributed by atoms with Crippen LogP contribution in [0.4, 0.5) is 0 Å². The van der Waals surface area contributed by atoms with Crippen molar-refractivity contribution < 1.29 is 23.8 Å². The first-order chi connectivity index (χ1) is 17.0. The van der Waals surface area contributed by atoms with Crippen molar-refractivity contribution >= 4 is 11.9 Å². The van der Waals surface area contributed by atoms with Crippen LogP contribution in [-0.4, -0.2) is 30.8 Å². The molecule has 200 valence electrons. The molecule has 0 aromatic rings. The Morgan fingerprint density at radius 2 is 1.92 bits per heavy atom. The molecule has 0 saturated heterocycles. The largest absolute Gasteiger partial charge is 0.494 e. The fourth-order valence-corrected chi connectivity index (χ4v) is 9.27. The fraction of sp³-hybridized carbons (Fsp3) is 0.806. The standard InChI is InChI=1S/C31H46O5/c1-18(17-34-20(3)32)7-10-27-19(2)29-28(36-27)16-26-24-9-8-22-15-23(35-21(4)33)11-13-30(22,5)25(24)12-14-31(26,29)6/h8,18,23-26,28-29H,7,9-17H2,1-6H3/t18-,23+,24-,25+,26-,28+,29-,30+,31+/m1/s1. The zero-order chi connectivity index (χ0) is 25.8. The predicted octanol–water partition coefficient (Wildman–Crippen LogP) is 6.76. The van der Waals surface area contributed by atoms with Gasteiger partial charge < -0.3 is 14.2 Å². The molecule has 5 aliphatic rings. The SMILES string of the molecule is CC(=O)OC[C@H](C)CCC1=C(C)[C@@H]2[C@H](C[C@@H]3[C@@H]4CC=C5C[C@@H](OC(C)=O)CC[C@]5(C)[C@H]4CC[C@@]32C)O1. The van der Waals surface area contributed by atoms with Gasteiger partial charge >= 0.3 is 11.9 Å². The van der Waals surface area contributed by atoms with Crippen LogP contribution in [0.2, 0.25) is 0 Å². The molecule has 0 aromatic carbocycles. The molecule has 0 aromatic heterocycles. The minimum Gasteiger partial charge on any atom is -0.494 e. The van der Waals surface area contributed by atoms with E-state index in [0.717, 1.165) is 43.9 Å². The Bertz CT molecular complexity index is 964. The number of fused-ring (bicyclic) bond motifs is 7. The third-order valence-electron chi connectivity index (χ3n) is 11.0. The Morgan fingerprint density at radius 1 is 1.14 bits per heavy atom. The normalized spacial score (nSPS) is 41.8. The Hall–Kier alpha value is -1.78. The number of carbonyl (C=O) groups excluding carboxylic acids is 2. The van der Waals surface area contributed by atoms with E-state index in [4.69, 9.17) is 14.2 Å². The van der Waals surface area contributed by atoms with Gasteiger partial charge in [-0.3, -0.25) is 9.59 Å². The summed E-state index contributed by atoms with van der Waals surface area (Å²) in [7, 11) is 0. The first-order valence-electron chi connectivity index (χ1n) is 14.4. The van der Waals surface area contributed by atoms with Crippen LogP contribution in [0.5, 0.6) is 0 Å². The van der Waals surface area contributed by atoms with Crippen LogP contribution >= 0.6 is 0 Å². The van der Waals surface area contributed by atoms with E-state index in [1.165, 1.54) is 50.9 Å². The molecule has 4 aliphatic carbocycles. The summed E-state index contributed by atoms with van der Waals surface area (Å²) in [4.78, 5) is 22.7. The number of allylic oxidation sites excluding steroid dienone is 2. The van der Waals surface area contributed by atoms with Crippen LogP contribution in [-0.2, 0) is 23.8 Å². The highest BCUT2D eigenvalue weighted by Crippen LogP contribution is 2.69. The van der Waals surface area contributed by atoms with Crippen molar-refractivity contribution in [2.45, 2.75) is 112 Å². The van der Waals surface area contributed by atoms with E-state index in [-0.39, 0.29) is 23.5 Å². The van der Waals surface area contributed by atoms with Crippen molar-refractivity contribution in [2.24, 2.45) is 40.4 Å². The molecule has 0 amide bonds. The van der Waals surface area contributed by atoms with Gasteiger partial charge in [-0.2, -0.15) is 0 Å². The summed E-state index contributed by atoms with van der Waals surface area (Å²) in [6, 6.07) is 0. The molecule has 0 bridgehead atoms. The molecule has 1 aliphatic heterocycles. The lowest BCUT2D eigenvalue weighted by Gasteiger charge is -2.58. The number of ether oxygens (including phenoxy) is 3. The molecular weight excluding hydrogens is 452 g/mol. The summed E-state index contributed by atoms with van der Waals surface area (Å²) in [5.41, 5.74) is 3.62. The maximum atomic E-state index is 11.5. The molecule has 9 atom stereocenters. The number of carbonyl (C=O) groups is 2. The lowest BCUT2D eigenvalue weighted by Crippen LogP contribution is -2.50. The minimum absolute atomic E-state index is 0.0643. The smallest absolute Gasteiger partial charge is 0.302 e. The van der Waals surface area contributed by atoms with E-state index in [0.29, 0.717) is 35.9 Å². The van der Waals surface area contributed by atoms with E-state index in [1.807, 2.05) is 0 Å². The summed E-state index contributed by atoms with van der Waals surface area (Å²) >= 11 is 0. The second-order valence-corrected chi connectivity index (χ2v) is 13.2. The van der Waals surface area contributed by atoms with Crippen LogP contribution in [0.25, 0.3) is 0 Å². The maximum Gasteiger partial charge on any atom is 0.302 e. The zero-order valence-corrected chi connectivity index (χ0v) is 23.2. The van der Waals surface area contributed by atoms with Crippen molar-refractivity contribution in [3.63, 3.8) is 0 Å². The van der Waals surface area contributed by atoms with Crippen molar-refractivity contribution in [1.82, 2.24) is 0 Å². The van der Waals surface area contributed by atoms with E-state index >= 15 is 0 Å². The van der Waals surface area contributed by atoms with Crippen LogP contribution in [0.15, 0.2) is 23.0 Å². The molecule has 1 heterocycles. The number of hydrogen-bond acceptors (Lipinski definition) is 5. The number of rotatable bonds is 6. The van der Waals surface area contributed by atoms with Crippen molar-refractivity contribution in [2.75, 3.05) is 6.61 Å². The molecular formula is C31H46O5. The summed E-state index contributed by atoms with van der Waals surface area (Å²) < 4.78 is 17.5. The molecule has 3 fully saturated rings. The minimum atomic E-state index is -0.200. The maximum absolute atomic E-state index is 11.5. The van der Waals surface area contributed by atoms with Gasteiger partial charge in [-0.05, 0) is 91.9 Å². The third kappa shape index (κ3) is 4.32. The van der Waals surface area contributed by atoms with E-state index in [9.17, 15) is 9.59 Å². The molecule has 0 radical (unpaired) electrons. The van der Waals surface area contributed by atoms with Crippen LogP contribution < -0.4 is 0 Å². The highest BCUT2D eigenvalue weighted by molar-refractivity contribution is 5.66. The third-order valence-corrected chi connectivity index (χ3v) is 11.0. The molecule has 5 rings (SSSR count). The second-order valence-electron chi connectivity index (χ2n) is 13.2. The summed E-state index contributed by atoms with van der Waals surface area (Å²) in [5.74, 6) is 3.93. The van der Waals surface area contributed by atoms with Gasteiger partial charge in [0.25, 0.3) is 0 Å². The fourth-order valence-electron chi connectivity index (χ4n) is 9.27. The number of hydrogen-bond donors (Lipinski definition) is 0. The first kappa shape index (κ1) is 25.9. The molecule has 0 spiro atoms. The molecule has 5 heteroatoms. The topological polar surface area (TPSA) is 61.8 Å². The van der Waals surface area contributed by atoms with Gasteiger partial charge in [0.15, 0.2) is 0 Å². The van der Waals surface area contributed by atoms with Crippen molar-refractivity contribution in [1.29, 1.82) is 0 Å². The second kappa shape index (κ2) is 9.51. The van der Waals surface area contributed by atoms with Gasteiger partial charge in [0.2, 0.25) is 0 Å². The Labute approximate surface area is 217 Å².